The van der Waals surface area contributed by atoms with Crippen LogP contribution in [0.2, 0.25) is 0 Å². The van der Waals surface area contributed by atoms with Crippen molar-refractivity contribution in [1.29, 1.82) is 0 Å². The predicted molar refractivity (Wildman–Crippen MR) is 47.9 cm³/mol. The first-order chi connectivity index (χ1) is 3.13. The number of nitrogens with zero attached hydrogens (tertiary/aromatic N) is 1. The zero-order valence-electron chi connectivity index (χ0n) is 3.44. The fourth-order valence-electron chi connectivity index (χ4n) is 0.133. The Bertz CT molecular complexity index is 81.0. The first-order valence-corrected chi connectivity index (χ1v) is 2.64. The molecule has 0 aliphatic heterocycles. The maximum atomic E-state index is 9.52. The van der Waals surface area contributed by atoms with Gasteiger partial charge in [0.05, 0.1) is 0 Å². The second-order valence-electron chi connectivity index (χ2n) is 0.996. The summed E-state index contributed by atoms with van der Waals surface area (Å²) < 4.78 is -0.435. The molecule has 0 aromatic heterocycles. The topological polar surface area (TPSA) is 43.1 Å². The Morgan fingerprint density at radius 2 is 1.78 bits per heavy atom. The summed E-state index contributed by atoms with van der Waals surface area (Å²) in [5.74, 6) is 0. The average Bonchev–Trinajstić information content (AvgIpc) is 1.27. The van der Waals surface area contributed by atoms with E-state index in [2.05, 4.69) is 25.3 Å². The van der Waals surface area contributed by atoms with Gasteiger partial charge in [-0.15, -0.1) is 0 Å². The summed E-state index contributed by atoms with van der Waals surface area (Å²) in [4.78, 5) is 9.06. The second-order valence-corrected chi connectivity index (χ2v) is 2.65. The fraction of sp³-hybridized carbons (Fsp3) is 1.00. The molecule has 0 bridgehead atoms. The molecule has 0 radical (unpaired) electrons. The van der Waals surface area contributed by atoms with Crippen LogP contribution >= 0.6 is 25.3 Å². The Hall–Kier alpha value is 3.37. The van der Waals surface area contributed by atoms with Crippen LogP contribution in [0.5, 0.6) is 0 Å². The van der Waals surface area contributed by atoms with Crippen molar-refractivity contribution in [3.05, 3.63) is 10.1 Å². The van der Waals surface area contributed by atoms with Crippen molar-refractivity contribution in [3.63, 3.8) is 0 Å². The van der Waals surface area contributed by atoms with Crippen molar-refractivity contribution in [2.75, 3.05) is 6.54 Å². The van der Waals surface area contributed by atoms with E-state index in [-0.39, 0.29) is 109 Å². The monoisotopic (exact) mass is 219 g/mol. The summed E-state index contributed by atoms with van der Waals surface area (Å²) in [5, 5.41) is 9.52. The molecule has 0 atom stereocenters. The summed E-state index contributed by atoms with van der Waals surface area (Å²) in [5.41, 5.74) is 0. The van der Waals surface area contributed by atoms with E-state index in [4.69, 9.17) is 0 Å². The standard InChI is InChI=1S/C2H5NO2S2.2K.2H/c4-3(5)1-2(6)7;;;;/h2,6-7H,1H2;;;;. The van der Waals surface area contributed by atoms with E-state index in [1.54, 1.807) is 0 Å². The normalized spacial score (nSPS) is 7.44. The average molecular weight is 219 g/mol. The number of rotatable bonds is 2. The Balaban J connectivity index is -0.000000180. The first-order valence-electron chi connectivity index (χ1n) is 1.61. The minimum absolute atomic E-state index is 0. The van der Waals surface area contributed by atoms with Crippen LogP contribution in [0.25, 0.3) is 0 Å². The Morgan fingerprint density at radius 3 is 1.78 bits per heavy atom. The molecule has 46 valence electrons. The molecule has 0 unspecified atom stereocenters. The molecule has 9 heavy (non-hydrogen) atoms. The van der Waals surface area contributed by atoms with Crippen molar-refractivity contribution in [2.24, 2.45) is 0 Å². The van der Waals surface area contributed by atoms with E-state index in [1.807, 2.05) is 0 Å². The zero-order valence-corrected chi connectivity index (χ0v) is 5.23. The number of thiol groups is 2. The predicted octanol–water partition coefficient (Wildman–Crippen LogP) is -0.848. The van der Waals surface area contributed by atoms with Gasteiger partial charge in [0.15, 0.2) is 0 Å². The van der Waals surface area contributed by atoms with E-state index >= 15 is 0 Å². The van der Waals surface area contributed by atoms with Crippen LogP contribution in [0.15, 0.2) is 0 Å². The summed E-state index contributed by atoms with van der Waals surface area (Å²) >= 11 is 7.32. The fourth-order valence-corrected chi connectivity index (χ4v) is 0.400. The maximum absolute atomic E-state index is 9.52. The molecule has 0 spiro atoms. The molecule has 0 saturated heterocycles. The second kappa shape index (κ2) is 11.4. The minimum atomic E-state index is -0.454. The number of hydrogen-bond donors (Lipinski definition) is 2. The molecule has 0 aliphatic rings. The molecule has 7 heteroatoms. The summed E-state index contributed by atoms with van der Waals surface area (Å²) in [6, 6.07) is 0. The molecule has 0 heterocycles. The van der Waals surface area contributed by atoms with Gasteiger partial charge in [-0.25, -0.2) is 0 Å². The molecule has 0 fully saturated rings. The van der Waals surface area contributed by atoms with Crippen molar-refractivity contribution in [2.45, 2.75) is 4.58 Å². The quantitative estimate of drug-likeness (QED) is 0.209. The SMILES string of the molecule is O=[N+]([O-])CC(S)S.[KH].[KH]. The van der Waals surface area contributed by atoms with Crippen LogP contribution in [0.4, 0.5) is 0 Å². The third-order valence-electron chi connectivity index (χ3n) is 0.312. The van der Waals surface area contributed by atoms with Gasteiger partial charge in [-0.1, -0.05) is 0 Å². The Kier molecular flexibility index (Phi) is 23.0. The molecule has 0 aromatic rings. The van der Waals surface area contributed by atoms with Gasteiger partial charge in [0.1, 0.15) is 4.58 Å². The van der Waals surface area contributed by atoms with E-state index in [0.717, 1.165) is 0 Å². The Labute approximate surface area is 150 Å². The summed E-state index contributed by atoms with van der Waals surface area (Å²) in [7, 11) is 0. The van der Waals surface area contributed by atoms with Crippen molar-refractivity contribution in [3.8, 4) is 0 Å². The van der Waals surface area contributed by atoms with E-state index in [1.165, 1.54) is 0 Å². The van der Waals surface area contributed by atoms with Crippen LogP contribution in [0, 0.1) is 10.1 Å². The third-order valence-corrected chi connectivity index (χ3v) is 0.639. The van der Waals surface area contributed by atoms with Gasteiger partial charge in [0.2, 0.25) is 6.54 Å². The van der Waals surface area contributed by atoms with Crippen LogP contribution in [-0.2, 0) is 0 Å². The van der Waals surface area contributed by atoms with E-state index < -0.39 is 9.51 Å². The van der Waals surface area contributed by atoms with Gasteiger partial charge in [0, 0.05) is 4.92 Å². The third kappa shape index (κ3) is 18.4. The molecule has 0 aliphatic carbocycles. The number of nitro groups is 1. The Morgan fingerprint density at radius 1 is 1.44 bits per heavy atom. The number of hydrogen-bond acceptors (Lipinski definition) is 4. The molecule has 0 rings (SSSR count). The molecular formula is C2H7K2NO2S2. The van der Waals surface area contributed by atoms with Gasteiger partial charge in [-0.2, -0.15) is 25.3 Å². The van der Waals surface area contributed by atoms with Crippen molar-refractivity contribution >= 4 is 128 Å². The van der Waals surface area contributed by atoms with Gasteiger partial charge in [-0.05, 0) is 0 Å². The van der Waals surface area contributed by atoms with Gasteiger partial charge < -0.3 is 0 Å². The first kappa shape index (κ1) is 18.2. The van der Waals surface area contributed by atoms with Crippen LogP contribution < -0.4 is 0 Å². The van der Waals surface area contributed by atoms with Crippen LogP contribution in [0.1, 0.15) is 0 Å². The zero-order chi connectivity index (χ0) is 5.86. The van der Waals surface area contributed by atoms with Crippen molar-refractivity contribution in [1.82, 2.24) is 0 Å². The van der Waals surface area contributed by atoms with Gasteiger partial charge in [0.25, 0.3) is 0 Å². The molecule has 0 aromatic carbocycles. The van der Waals surface area contributed by atoms with Gasteiger partial charge in [-0.3, -0.25) is 10.1 Å². The van der Waals surface area contributed by atoms with E-state index in [9.17, 15) is 10.1 Å². The molecule has 0 N–H and O–H groups in total. The summed E-state index contributed by atoms with van der Waals surface area (Å²) in [6.07, 6.45) is 0. The molecule has 0 amide bonds. The van der Waals surface area contributed by atoms with E-state index in [0.29, 0.717) is 0 Å². The van der Waals surface area contributed by atoms with Crippen LogP contribution in [-0.4, -0.2) is 119 Å². The summed E-state index contributed by atoms with van der Waals surface area (Å²) in [6.45, 7) is -0.188. The molecule has 3 nitrogen and oxygen atoms in total. The van der Waals surface area contributed by atoms with Crippen molar-refractivity contribution < 1.29 is 4.92 Å². The molecular weight excluding hydrogens is 212 g/mol. The van der Waals surface area contributed by atoms with Gasteiger partial charge >= 0.3 is 103 Å². The van der Waals surface area contributed by atoms with Crippen LogP contribution in [0.3, 0.4) is 0 Å². The molecule has 0 saturated carbocycles.